The number of carbonyl (C=O) groups is 1. The lowest BCUT2D eigenvalue weighted by atomic mass is 10.1. The summed E-state index contributed by atoms with van der Waals surface area (Å²) >= 11 is 0. The first kappa shape index (κ1) is 15.5. The van der Waals surface area contributed by atoms with Crippen LogP contribution in [0, 0.1) is 0 Å². The smallest absolute Gasteiger partial charge is 0.256 e. The topological polar surface area (TPSA) is 60.2 Å². The third-order valence-electron chi connectivity index (χ3n) is 4.33. The number of para-hydroxylation sites is 1. The van der Waals surface area contributed by atoms with E-state index >= 15 is 0 Å². The molecule has 0 radical (unpaired) electrons. The van der Waals surface area contributed by atoms with Gasteiger partial charge in [0.15, 0.2) is 0 Å². The second-order valence-corrected chi connectivity index (χ2v) is 5.89. The van der Waals surface area contributed by atoms with Crippen molar-refractivity contribution in [2.45, 2.75) is 6.10 Å². The van der Waals surface area contributed by atoms with Gasteiger partial charge in [-0.25, -0.2) is 4.68 Å². The van der Waals surface area contributed by atoms with Crippen molar-refractivity contribution in [3.05, 3.63) is 78.1 Å². The Morgan fingerprint density at radius 2 is 1.88 bits per heavy atom. The van der Waals surface area contributed by atoms with Gasteiger partial charge in [0.1, 0.15) is 6.10 Å². The van der Waals surface area contributed by atoms with E-state index in [1.54, 1.807) is 17.1 Å². The number of carbonyl (C=O) groups excluding carboxylic acids is 1. The van der Waals surface area contributed by atoms with Gasteiger partial charge < -0.3 is 9.64 Å². The van der Waals surface area contributed by atoms with Gasteiger partial charge in [-0.2, -0.15) is 0 Å². The Balaban J connectivity index is 1.59. The van der Waals surface area contributed by atoms with E-state index in [9.17, 15) is 4.79 Å². The zero-order valence-electron chi connectivity index (χ0n) is 13.7. The fourth-order valence-corrected chi connectivity index (χ4v) is 3.06. The predicted molar refractivity (Wildman–Crippen MR) is 92.4 cm³/mol. The molecule has 25 heavy (non-hydrogen) atoms. The van der Waals surface area contributed by atoms with Crippen molar-refractivity contribution in [1.29, 1.82) is 0 Å². The number of rotatable bonds is 3. The van der Waals surface area contributed by atoms with E-state index in [1.807, 2.05) is 59.5 Å². The first-order valence-corrected chi connectivity index (χ1v) is 8.24. The third-order valence-corrected chi connectivity index (χ3v) is 4.33. The van der Waals surface area contributed by atoms with Crippen LogP contribution in [0.25, 0.3) is 5.69 Å². The molecule has 1 saturated heterocycles. The summed E-state index contributed by atoms with van der Waals surface area (Å²) in [6, 6.07) is 17.5. The Hall–Kier alpha value is -2.99. The van der Waals surface area contributed by atoms with E-state index in [0.29, 0.717) is 25.3 Å². The Labute approximate surface area is 145 Å². The van der Waals surface area contributed by atoms with Crippen LogP contribution in [0.1, 0.15) is 22.0 Å². The Bertz CT molecular complexity index is 849. The highest BCUT2D eigenvalue weighted by Gasteiger charge is 2.27. The highest BCUT2D eigenvalue weighted by Crippen LogP contribution is 2.24. The van der Waals surface area contributed by atoms with Crippen LogP contribution < -0.4 is 0 Å². The molecule has 126 valence electrons. The minimum atomic E-state index is -0.0996. The normalized spacial score (nSPS) is 17.4. The molecule has 1 atom stereocenters. The molecule has 0 bridgehead atoms. The SMILES string of the molecule is O=C(c1ccccc1-n1ccnn1)N1CCOC(c2ccccc2)C1. The van der Waals surface area contributed by atoms with Gasteiger partial charge in [0.2, 0.25) is 0 Å². The maximum atomic E-state index is 13.1. The van der Waals surface area contributed by atoms with Crippen molar-refractivity contribution < 1.29 is 9.53 Å². The molecule has 6 heteroatoms. The average Bonchev–Trinajstić information content (AvgIpc) is 3.23. The molecule has 2 aromatic carbocycles. The van der Waals surface area contributed by atoms with Crippen molar-refractivity contribution in [1.82, 2.24) is 19.9 Å². The lowest BCUT2D eigenvalue weighted by Crippen LogP contribution is -2.42. The van der Waals surface area contributed by atoms with Crippen molar-refractivity contribution in [2.24, 2.45) is 0 Å². The minimum absolute atomic E-state index is 0.0182. The molecule has 2 heterocycles. The Morgan fingerprint density at radius 3 is 2.68 bits per heavy atom. The van der Waals surface area contributed by atoms with Gasteiger partial charge in [-0.1, -0.05) is 47.7 Å². The fraction of sp³-hybridized carbons (Fsp3) is 0.211. The van der Waals surface area contributed by atoms with Crippen LogP contribution in [-0.2, 0) is 4.74 Å². The summed E-state index contributed by atoms with van der Waals surface area (Å²) in [4.78, 5) is 14.9. The summed E-state index contributed by atoms with van der Waals surface area (Å²) in [5.74, 6) is -0.0182. The molecule has 6 nitrogen and oxygen atoms in total. The summed E-state index contributed by atoms with van der Waals surface area (Å²) in [5, 5.41) is 7.84. The van der Waals surface area contributed by atoms with Crippen molar-refractivity contribution >= 4 is 5.91 Å². The highest BCUT2D eigenvalue weighted by molar-refractivity contribution is 5.97. The van der Waals surface area contributed by atoms with E-state index in [2.05, 4.69) is 10.3 Å². The molecule has 1 fully saturated rings. The number of ether oxygens (including phenoxy) is 1. The molecule has 0 N–H and O–H groups in total. The van der Waals surface area contributed by atoms with Crippen molar-refractivity contribution in [3.63, 3.8) is 0 Å². The maximum Gasteiger partial charge on any atom is 0.256 e. The fourth-order valence-electron chi connectivity index (χ4n) is 3.06. The van der Waals surface area contributed by atoms with Gasteiger partial charge in [-0.3, -0.25) is 4.79 Å². The molecule has 0 saturated carbocycles. The lowest BCUT2D eigenvalue weighted by Gasteiger charge is -2.33. The number of amides is 1. The number of hydrogen-bond acceptors (Lipinski definition) is 4. The van der Waals surface area contributed by atoms with E-state index in [1.165, 1.54) is 0 Å². The van der Waals surface area contributed by atoms with Crippen LogP contribution in [0.15, 0.2) is 67.0 Å². The zero-order valence-corrected chi connectivity index (χ0v) is 13.7. The van der Waals surface area contributed by atoms with E-state index in [0.717, 1.165) is 11.3 Å². The predicted octanol–water partition coefficient (Wildman–Crippen LogP) is 2.48. The quantitative estimate of drug-likeness (QED) is 0.738. The third kappa shape index (κ3) is 3.16. The maximum absolute atomic E-state index is 13.1. The Morgan fingerprint density at radius 1 is 1.08 bits per heavy atom. The molecule has 0 spiro atoms. The summed E-state index contributed by atoms with van der Waals surface area (Å²) in [6.45, 7) is 1.64. The van der Waals surface area contributed by atoms with Gasteiger partial charge in [-0.05, 0) is 17.7 Å². The van der Waals surface area contributed by atoms with Crippen molar-refractivity contribution in [2.75, 3.05) is 19.7 Å². The first-order chi connectivity index (χ1) is 12.3. The average molecular weight is 334 g/mol. The van der Waals surface area contributed by atoms with Gasteiger partial charge in [0, 0.05) is 6.54 Å². The lowest BCUT2D eigenvalue weighted by molar-refractivity contribution is -0.0228. The number of morpholine rings is 1. The van der Waals surface area contributed by atoms with E-state index < -0.39 is 0 Å². The second-order valence-electron chi connectivity index (χ2n) is 5.89. The molecule has 3 aromatic rings. The van der Waals surface area contributed by atoms with Crippen LogP contribution in [0.2, 0.25) is 0 Å². The van der Waals surface area contributed by atoms with Gasteiger partial charge in [-0.15, -0.1) is 5.10 Å². The zero-order chi connectivity index (χ0) is 17.1. The largest absolute Gasteiger partial charge is 0.370 e. The summed E-state index contributed by atoms with van der Waals surface area (Å²) < 4.78 is 7.47. The molecule has 1 aromatic heterocycles. The van der Waals surface area contributed by atoms with Gasteiger partial charge in [0.05, 0.1) is 36.8 Å². The van der Waals surface area contributed by atoms with Crippen LogP contribution in [-0.4, -0.2) is 45.5 Å². The van der Waals surface area contributed by atoms with Crippen LogP contribution in [0.3, 0.4) is 0 Å². The first-order valence-electron chi connectivity index (χ1n) is 8.24. The monoisotopic (exact) mass is 334 g/mol. The van der Waals surface area contributed by atoms with E-state index in [4.69, 9.17) is 4.74 Å². The van der Waals surface area contributed by atoms with Crippen LogP contribution >= 0.6 is 0 Å². The Kier molecular flexibility index (Phi) is 4.26. The standard InChI is InChI=1S/C19H18N4O2/c24-19(16-8-4-5-9-17(16)23-11-10-20-21-23)22-12-13-25-18(14-22)15-6-2-1-3-7-15/h1-11,18H,12-14H2. The van der Waals surface area contributed by atoms with Crippen LogP contribution in [0.5, 0.6) is 0 Å². The molecule has 1 unspecified atom stereocenters. The summed E-state index contributed by atoms with van der Waals surface area (Å²) in [5.41, 5.74) is 2.43. The molecule has 4 rings (SSSR count). The molecular weight excluding hydrogens is 316 g/mol. The van der Waals surface area contributed by atoms with E-state index in [-0.39, 0.29) is 12.0 Å². The molecule has 1 aliphatic heterocycles. The van der Waals surface area contributed by atoms with Crippen LogP contribution in [0.4, 0.5) is 0 Å². The highest BCUT2D eigenvalue weighted by atomic mass is 16.5. The second kappa shape index (κ2) is 6.86. The number of nitrogens with zero attached hydrogens (tertiary/aromatic N) is 4. The minimum Gasteiger partial charge on any atom is -0.370 e. The number of aromatic nitrogens is 3. The summed E-state index contributed by atoms with van der Waals surface area (Å²) in [7, 11) is 0. The molecule has 0 aliphatic carbocycles. The van der Waals surface area contributed by atoms with Crippen molar-refractivity contribution in [3.8, 4) is 5.69 Å². The molecular formula is C19H18N4O2. The molecule has 1 amide bonds. The number of hydrogen-bond donors (Lipinski definition) is 0. The summed E-state index contributed by atoms with van der Waals surface area (Å²) in [6.07, 6.45) is 3.23. The van der Waals surface area contributed by atoms with Gasteiger partial charge >= 0.3 is 0 Å². The number of benzene rings is 2. The van der Waals surface area contributed by atoms with Gasteiger partial charge in [0.25, 0.3) is 5.91 Å². The molecule has 1 aliphatic rings.